The molecule has 144 valence electrons. The number of allylic oxidation sites excluding steroid dienone is 1. The summed E-state index contributed by atoms with van der Waals surface area (Å²) in [7, 11) is -1.78. The molecule has 1 saturated heterocycles. The van der Waals surface area contributed by atoms with Gasteiger partial charge in [0.15, 0.2) is 9.84 Å². The molecule has 0 unspecified atom stereocenters. The topological polar surface area (TPSA) is 46.6 Å². The lowest BCUT2D eigenvalue weighted by Gasteiger charge is -2.19. The second-order valence-electron chi connectivity index (χ2n) is 6.94. The molecule has 1 aliphatic rings. The van der Waals surface area contributed by atoms with E-state index in [2.05, 4.69) is 35.7 Å². The largest absolute Gasteiger partial charge is 0.384 e. The zero-order valence-electron chi connectivity index (χ0n) is 15.9. The highest BCUT2D eigenvalue weighted by molar-refractivity contribution is 7.91. The summed E-state index contributed by atoms with van der Waals surface area (Å²) in [6.45, 7) is 6.46. The molecule has 0 amide bonds. The fourth-order valence-electron chi connectivity index (χ4n) is 3.35. The summed E-state index contributed by atoms with van der Waals surface area (Å²) in [5, 5.41) is 0. The molecule has 0 radical (unpaired) electrons. The van der Waals surface area contributed by atoms with E-state index in [4.69, 9.17) is 4.74 Å². The average molecular weight is 386 g/mol. The molecule has 2 aromatic carbocycles. The number of hydrogen-bond donors (Lipinski definition) is 0. The number of nitrogens with zero attached hydrogens (tertiary/aromatic N) is 1. The van der Waals surface area contributed by atoms with Crippen molar-refractivity contribution >= 4 is 9.84 Å². The van der Waals surface area contributed by atoms with Crippen molar-refractivity contribution in [2.75, 3.05) is 32.6 Å². The first-order chi connectivity index (χ1) is 13.0. The molecule has 0 saturated carbocycles. The van der Waals surface area contributed by atoms with Crippen LogP contribution < -0.4 is 0 Å². The molecule has 5 heteroatoms. The lowest BCUT2D eigenvalue weighted by molar-refractivity contribution is 0.217. The third-order valence-electron chi connectivity index (χ3n) is 5.07. The van der Waals surface area contributed by atoms with Crippen LogP contribution in [0.1, 0.15) is 18.4 Å². The summed E-state index contributed by atoms with van der Waals surface area (Å²) in [4.78, 5) is 2.71. The molecule has 0 bridgehead atoms. The average Bonchev–Trinajstić information content (AvgIpc) is 3.10. The summed E-state index contributed by atoms with van der Waals surface area (Å²) >= 11 is 0. The molecule has 1 heterocycles. The van der Waals surface area contributed by atoms with E-state index in [1.807, 2.05) is 12.1 Å². The molecular formula is C22H27NO3S. The van der Waals surface area contributed by atoms with Gasteiger partial charge in [-0.05, 0) is 48.1 Å². The van der Waals surface area contributed by atoms with Crippen molar-refractivity contribution in [1.82, 2.24) is 4.90 Å². The van der Waals surface area contributed by atoms with Crippen molar-refractivity contribution in [1.29, 1.82) is 0 Å². The molecule has 0 aliphatic carbocycles. The van der Waals surface area contributed by atoms with Crippen LogP contribution in [0.15, 0.2) is 65.7 Å². The quantitative estimate of drug-likeness (QED) is 0.691. The number of ether oxygens (including phenoxy) is 1. The molecule has 4 nitrogen and oxygen atoms in total. The molecule has 1 fully saturated rings. The van der Waals surface area contributed by atoms with Crippen molar-refractivity contribution in [3.05, 3.63) is 66.4 Å². The van der Waals surface area contributed by atoms with Crippen molar-refractivity contribution < 1.29 is 13.2 Å². The van der Waals surface area contributed by atoms with E-state index < -0.39 is 9.84 Å². The summed E-state index contributed by atoms with van der Waals surface area (Å²) in [5.41, 5.74) is 4.66. The van der Waals surface area contributed by atoms with E-state index in [0.717, 1.165) is 37.1 Å². The predicted molar refractivity (Wildman–Crippen MR) is 109 cm³/mol. The standard InChI is InChI=1S/C22H27NO3S/c1-18-4-3-14-23(18)15-13-19-5-7-20(8-6-19)21-9-11-22(12-10-21)27(24,25)17-16-26-2/h5-12H,1,3-4,13-17H2,2H3. The van der Waals surface area contributed by atoms with Gasteiger partial charge in [-0.15, -0.1) is 0 Å². The normalized spacial score (nSPS) is 14.7. The van der Waals surface area contributed by atoms with Crippen LogP contribution in [0, 0.1) is 0 Å². The molecule has 2 aromatic rings. The Balaban J connectivity index is 1.63. The van der Waals surface area contributed by atoms with Gasteiger partial charge in [0, 0.05) is 25.9 Å². The fourth-order valence-corrected chi connectivity index (χ4v) is 4.53. The minimum Gasteiger partial charge on any atom is -0.384 e. The van der Waals surface area contributed by atoms with Crippen LogP contribution in [-0.2, 0) is 21.0 Å². The molecule has 1 aliphatic heterocycles. The first-order valence-electron chi connectivity index (χ1n) is 9.33. The molecule has 0 atom stereocenters. The number of sulfone groups is 1. The van der Waals surface area contributed by atoms with Gasteiger partial charge in [0.2, 0.25) is 0 Å². The van der Waals surface area contributed by atoms with Crippen molar-refractivity contribution in [2.45, 2.75) is 24.2 Å². The van der Waals surface area contributed by atoms with Crippen molar-refractivity contribution in [2.24, 2.45) is 0 Å². The first-order valence-corrected chi connectivity index (χ1v) is 11.0. The zero-order valence-corrected chi connectivity index (χ0v) is 16.7. The zero-order chi connectivity index (χ0) is 19.3. The number of methoxy groups -OCH3 is 1. The number of rotatable bonds is 8. The SMILES string of the molecule is C=C1CCCN1CCc1ccc(-c2ccc(S(=O)(=O)CCOC)cc2)cc1. The van der Waals surface area contributed by atoms with E-state index >= 15 is 0 Å². The molecule has 0 aromatic heterocycles. The van der Waals surface area contributed by atoms with Gasteiger partial charge in [-0.25, -0.2) is 8.42 Å². The van der Waals surface area contributed by atoms with Gasteiger partial charge in [0.25, 0.3) is 0 Å². The maximum absolute atomic E-state index is 12.2. The van der Waals surface area contributed by atoms with Gasteiger partial charge in [-0.3, -0.25) is 0 Å². The Morgan fingerprint density at radius 2 is 1.67 bits per heavy atom. The Morgan fingerprint density at radius 3 is 2.22 bits per heavy atom. The number of hydrogen-bond acceptors (Lipinski definition) is 4. The number of likely N-dealkylation sites (tertiary alicyclic amines) is 1. The number of benzene rings is 2. The Hall–Kier alpha value is -2.11. The minimum atomic E-state index is -3.28. The summed E-state index contributed by atoms with van der Waals surface area (Å²) in [6.07, 6.45) is 3.35. The van der Waals surface area contributed by atoms with Crippen LogP contribution >= 0.6 is 0 Å². The van der Waals surface area contributed by atoms with Crippen LogP contribution in [0.25, 0.3) is 11.1 Å². The highest BCUT2D eigenvalue weighted by atomic mass is 32.2. The molecule has 3 rings (SSSR count). The third kappa shape index (κ3) is 4.99. The maximum Gasteiger partial charge on any atom is 0.180 e. The van der Waals surface area contributed by atoms with E-state index in [1.54, 1.807) is 12.1 Å². The Labute approximate surface area is 162 Å². The van der Waals surface area contributed by atoms with Gasteiger partial charge >= 0.3 is 0 Å². The van der Waals surface area contributed by atoms with Gasteiger partial charge in [0.05, 0.1) is 17.3 Å². The third-order valence-corrected chi connectivity index (χ3v) is 6.76. The minimum absolute atomic E-state index is 0.000976. The summed E-state index contributed by atoms with van der Waals surface area (Å²) < 4.78 is 29.3. The summed E-state index contributed by atoms with van der Waals surface area (Å²) in [5.74, 6) is 0.000976. The van der Waals surface area contributed by atoms with Gasteiger partial charge in [-0.2, -0.15) is 0 Å². The monoisotopic (exact) mass is 385 g/mol. The fraction of sp³-hybridized carbons (Fsp3) is 0.364. The summed E-state index contributed by atoms with van der Waals surface area (Å²) in [6, 6.07) is 15.6. The molecular weight excluding hydrogens is 358 g/mol. The molecule has 0 N–H and O–H groups in total. The lowest BCUT2D eigenvalue weighted by atomic mass is 10.0. The lowest BCUT2D eigenvalue weighted by Crippen LogP contribution is -2.20. The van der Waals surface area contributed by atoms with E-state index in [1.165, 1.54) is 24.8 Å². The van der Waals surface area contributed by atoms with Crippen LogP contribution in [0.3, 0.4) is 0 Å². The van der Waals surface area contributed by atoms with E-state index in [0.29, 0.717) is 4.90 Å². The Bertz CT molecular complexity index is 871. The highest BCUT2D eigenvalue weighted by Crippen LogP contribution is 2.23. The van der Waals surface area contributed by atoms with Gasteiger partial charge < -0.3 is 9.64 Å². The predicted octanol–water partition coefficient (Wildman–Crippen LogP) is 3.93. The van der Waals surface area contributed by atoms with E-state index in [9.17, 15) is 8.42 Å². The van der Waals surface area contributed by atoms with Crippen LogP contribution in [-0.4, -0.2) is 45.9 Å². The highest BCUT2D eigenvalue weighted by Gasteiger charge is 2.15. The van der Waals surface area contributed by atoms with E-state index in [-0.39, 0.29) is 12.4 Å². The smallest absolute Gasteiger partial charge is 0.180 e. The van der Waals surface area contributed by atoms with Gasteiger partial charge in [-0.1, -0.05) is 43.0 Å². The Morgan fingerprint density at radius 1 is 1.04 bits per heavy atom. The molecule has 27 heavy (non-hydrogen) atoms. The van der Waals surface area contributed by atoms with Gasteiger partial charge in [0.1, 0.15) is 0 Å². The van der Waals surface area contributed by atoms with Crippen LogP contribution in [0.2, 0.25) is 0 Å². The Kier molecular flexibility index (Phi) is 6.34. The maximum atomic E-state index is 12.2. The first kappa shape index (κ1) is 19.6. The molecule has 0 spiro atoms. The van der Waals surface area contributed by atoms with Crippen molar-refractivity contribution in [3.63, 3.8) is 0 Å². The van der Waals surface area contributed by atoms with Crippen LogP contribution in [0.4, 0.5) is 0 Å². The van der Waals surface area contributed by atoms with Crippen molar-refractivity contribution in [3.8, 4) is 11.1 Å². The van der Waals surface area contributed by atoms with Crippen LogP contribution in [0.5, 0.6) is 0 Å². The second-order valence-corrected chi connectivity index (χ2v) is 9.05. The second kappa shape index (κ2) is 8.72.